The van der Waals surface area contributed by atoms with Crippen molar-refractivity contribution in [1.29, 1.82) is 0 Å². The summed E-state index contributed by atoms with van der Waals surface area (Å²) in [7, 11) is 0. The maximum absolute atomic E-state index is 5.86. The number of halogens is 1. The molecule has 0 saturated heterocycles. The smallest absolute Gasteiger partial charge is 0.155 e. The first-order chi connectivity index (χ1) is 10.4. The van der Waals surface area contributed by atoms with E-state index in [1.165, 1.54) is 0 Å². The maximum Gasteiger partial charge on any atom is 0.155 e. The molecule has 2 aromatic heterocycles. The third-order valence-corrected chi connectivity index (χ3v) is 3.53. The van der Waals surface area contributed by atoms with Crippen LogP contribution in [0, 0.1) is 11.8 Å². The molecule has 2 heterocycles. The number of fused-ring (bicyclic) bond motifs is 1. The van der Waals surface area contributed by atoms with Crippen LogP contribution in [-0.4, -0.2) is 14.6 Å². The van der Waals surface area contributed by atoms with Gasteiger partial charge in [0.25, 0.3) is 0 Å². The summed E-state index contributed by atoms with van der Waals surface area (Å²) >= 11 is 5.86. The minimum Gasteiger partial charge on any atom is -0.236 e. The second-order valence-corrected chi connectivity index (χ2v) is 6.62. The van der Waals surface area contributed by atoms with Crippen molar-refractivity contribution in [2.75, 3.05) is 0 Å². The molecule has 0 amide bonds. The van der Waals surface area contributed by atoms with E-state index in [0.29, 0.717) is 5.02 Å². The Kier molecular flexibility index (Phi) is 3.64. The zero-order valence-corrected chi connectivity index (χ0v) is 13.5. The Bertz CT molecular complexity index is 875. The highest BCUT2D eigenvalue weighted by molar-refractivity contribution is 6.30. The molecule has 1 aromatic carbocycles. The van der Waals surface area contributed by atoms with E-state index in [1.54, 1.807) is 10.7 Å². The van der Waals surface area contributed by atoms with Crippen LogP contribution in [0.4, 0.5) is 0 Å². The fraction of sp³-hybridized carbons (Fsp3) is 0.222. The molecule has 0 atom stereocenters. The molecule has 0 fully saturated rings. The highest BCUT2D eigenvalue weighted by atomic mass is 35.5. The van der Waals surface area contributed by atoms with Gasteiger partial charge >= 0.3 is 0 Å². The summed E-state index contributed by atoms with van der Waals surface area (Å²) in [6, 6.07) is 9.46. The summed E-state index contributed by atoms with van der Waals surface area (Å²) < 4.78 is 1.78. The molecule has 0 spiro atoms. The van der Waals surface area contributed by atoms with Gasteiger partial charge in [0, 0.05) is 34.5 Å². The summed E-state index contributed by atoms with van der Waals surface area (Å²) in [5.41, 5.74) is 3.60. The van der Waals surface area contributed by atoms with E-state index in [2.05, 4.69) is 42.7 Å². The fourth-order valence-corrected chi connectivity index (χ4v) is 2.11. The predicted octanol–water partition coefficient (Wildman–Crippen LogP) is 4.08. The van der Waals surface area contributed by atoms with Crippen molar-refractivity contribution >= 4 is 17.2 Å². The van der Waals surface area contributed by atoms with Crippen LogP contribution in [0.2, 0.25) is 5.02 Å². The lowest BCUT2D eigenvalue weighted by atomic mass is 9.93. The van der Waals surface area contributed by atoms with Crippen LogP contribution in [-0.2, 0) is 5.41 Å². The standard InChI is InChI=1S/C18H16ClN3/c1-18(2,3)16-10-17-20-11-14(12-22(17)21-16)5-4-13-6-8-15(19)9-7-13/h6-12H,1-3H3. The van der Waals surface area contributed by atoms with E-state index in [9.17, 15) is 0 Å². The minimum atomic E-state index is 0.00283. The first kappa shape index (κ1) is 14.6. The summed E-state index contributed by atoms with van der Waals surface area (Å²) in [6.45, 7) is 6.40. The molecule has 3 nitrogen and oxygen atoms in total. The molecule has 0 radical (unpaired) electrons. The molecule has 22 heavy (non-hydrogen) atoms. The van der Waals surface area contributed by atoms with Crippen LogP contribution in [0.25, 0.3) is 5.65 Å². The molecular weight excluding hydrogens is 294 g/mol. The first-order valence-corrected chi connectivity index (χ1v) is 7.43. The van der Waals surface area contributed by atoms with Crippen molar-refractivity contribution in [3.8, 4) is 11.8 Å². The largest absolute Gasteiger partial charge is 0.236 e. The topological polar surface area (TPSA) is 30.2 Å². The molecule has 0 aliphatic carbocycles. The molecule has 0 N–H and O–H groups in total. The monoisotopic (exact) mass is 309 g/mol. The maximum atomic E-state index is 5.86. The average molecular weight is 310 g/mol. The Labute approximate surface area is 135 Å². The lowest BCUT2D eigenvalue weighted by molar-refractivity contribution is 0.562. The van der Waals surface area contributed by atoms with Crippen molar-refractivity contribution in [3.05, 3.63) is 64.6 Å². The van der Waals surface area contributed by atoms with Gasteiger partial charge in [-0.3, -0.25) is 0 Å². The molecule has 3 rings (SSSR count). The number of hydrogen-bond donors (Lipinski definition) is 0. The van der Waals surface area contributed by atoms with Gasteiger partial charge in [-0.25, -0.2) is 9.50 Å². The van der Waals surface area contributed by atoms with Gasteiger partial charge in [0.15, 0.2) is 5.65 Å². The Morgan fingerprint density at radius 3 is 2.41 bits per heavy atom. The summed E-state index contributed by atoms with van der Waals surface area (Å²) in [4.78, 5) is 4.42. The van der Waals surface area contributed by atoms with Gasteiger partial charge in [-0.15, -0.1) is 0 Å². The average Bonchev–Trinajstić information content (AvgIpc) is 2.90. The van der Waals surface area contributed by atoms with E-state index >= 15 is 0 Å². The lowest BCUT2D eigenvalue weighted by Gasteiger charge is -2.13. The van der Waals surface area contributed by atoms with Gasteiger partial charge in [-0.2, -0.15) is 5.10 Å². The normalized spacial score (nSPS) is 11.3. The fourth-order valence-electron chi connectivity index (χ4n) is 1.99. The molecule has 4 heteroatoms. The molecule has 0 unspecified atom stereocenters. The number of benzene rings is 1. The molecule has 0 aliphatic heterocycles. The minimum absolute atomic E-state index is 0.00283. The second-order valence-electron chi connectivity index (χ2n) is 6.18. The molecule has 3 aromatic rings. The second kappa shape index (κ2) is 5.47. The van der Waals surface area contributed by atoms with Gasteiger partial charge in [-0.1, -0.05) is 44.2 Å². The van der Waals surface area contributed by atoms with E-state index < -0.39 is 0 Å². The van der Waals surface area contributed by atoms with Crippen LogP contribution < -0.4 is 0 Å². The van der Waals surface area contributed by atoms with E-state index in [4.69, 9.17) is 11.6 Å². The summed E-state index contributed by atoms with van der Waals surface area (Å²) in [6.07, 6.45) is 3.67. The van der Waals surface area contributed by atoms with Crippen LogP contribution in [0.3, 0.4) is 0 Å². The SMILES string of the molecule is CC(C)(C)c1cc2ncc(C#Cc3ccc(Cl)cc3)cn2n1. The highest BCUT2D eigenvalue weighted by Crippen LogP contribution is 2.21. The highest BCUT2D eigenvalue weighted by Gasteiger charge is 2.17. The van der Waals surface area contributed by atoms with Gasteiger partial charge in [0.2, 0.25) is 0 Å². The lowest BCUT2D eigenvalue weighted by Crippen LogP contribution is -2.11. The molecule has 0 saturated carbocycles. The Morgan fingerprint density at radius 2 is 1.73 bits per heavy atom. The van der Waals surface area contributed by atoms with Crippen molar-refractivity contribution in [2.24, 2.45) is 0 Å². The molecular formula is C18H16ClN3. The van der Waals surface area contributed by atoms with Crippen LogP contribution >= 0.6 is 11.6 Å². The first-order valence-electron chi connectivity index (χ1n) is 7.05. The number of aromatic nitrogens is 3. The Balaban J connectivity index is 1.94. The van der Waals surface area contributed by atoms with E-state index in [1.807, 2.05) is 36.5 Å². The predicted molar refractivity (Wildman–Crippen MR) is 89.1 cm³/mol. The Hall–Kier alpha value is -2.31. The zero-order chi connectivity index (χ0) is 15.7. The van der Waals surface area contributed by atoms with E-state index in [0.717, 1.165) is 22.5 Å². The van der Waals surface area contributed by atoms with Gasteiger partial charge in [-0.05, 0) is 24.3 Å². The third-order valence-electron chi connectivity index (χ3n) is 3.28. The van der Waals surface area contributed by atoms with Crippen LogP contribution in [0.1, 0.15) is 37.6 Å². The molecule has 0 aliphatic rings. The van der Waals surface area contributed by atoms with Crippen molar-refractivity contribution in [1.82, 2.24) is 14.6 Å². The number of hydrogen-bond acceptors (Lipinski definition) is 2. The summed E-state index contributed by atoms with van der Waals surface area (Å²) in [5, 5.41) is 5.29. The van der Waals surface area contributed by atoms with Gasteiger partial charge in [0.1, 0.15) is 0 Å². The Morgan fingerprint density at radius 1 is 1.05 bits per heavy atom. The van der Waals surface area contributed by atoms with Gasteiger partial charge < -0.3 is 0 Å². The van der Waals surface area contributed by atoms with Crippen LogP contribution in [0.5, 0.6) is 0 Å². The van der Waals surface area contributed by atoms with Crippen molar-refractivity contribution in [3.63, 3.8) is 0 Å². The quantitative estimate of drug-likeness (QED) is 0.586. The van der Waals surface area contributed by atoms with Gasteiger partial charge in [0.05, 0.1) is 11.3 Å². The third kappa shape index (κ3) is 3.13. The van der Waals surface area contributed by atoms with E-state index in [-0.39, 0.29) is 5.41 Å². The molecule has 0 bridgehead atoms. The summed E-state index contributed by atoms with van der Waals surface area (Å²) in [5.74, 6) is 6.20. The van der Waals surface area contributed by atoms with Crippen molar-refractivity contribution < 1.29 is 0 Å². The van der Waals surface area contributed by atoms with Crippen molar-refractivity contribution in [2.45, 2.75) is 26.2 Å². The molecule has 110 valence electrons. The zero-order valence-electron chi connectivity index (χ0n) is 12.8. The van der Waals surface area contributed by atoms with Crippen LogP contribution in [0.15, 0.2) is 42.7 Å². The number of nitrogens with zero attached hydrogens (tertiary/aromatic N) is 3. The number of rotatable bonds is 0.